The van der Waals surface area contributed by atoms with Gasteiger partial charge in [-0.1, -0.05) is 0 Å². The van der Waals surface area contributed by atoms with Gasteiger partial charge >= 0.3 is 61.5 Å². The second-order valence-corrected chi connectivity index (χ2v) is 6.41. The van der Waals surface area contributed by atoms with Crippen molar-refractivity contribution in [3.63, 3.8) is 0 Å². The summed E-state index contributed by atoms with van der Waals surface area (Å²) in [5.41, 5.74) is 1.25. The first-order chi connectivity index (χ1) is 3.97. The van der Waals surface area contributed by atoms with Crippen LogP contribution < -0.4 is 0 Å². The predicted octanol–water partition coefficient (Wildman–Crippen LogP) is 1.10. The van der Waals surface area contributed by atoms with Crippen LogP contribution in [0.3, 0.4) is 0 Å². The minimum absolute atomic E-state index is 0.128. The van der Waals surface area contributed by atoms with Crippen LogP contribution in [-0.4, -0.2) is 24.4 Å². The van der Waals surface area contributed by atoms with Gasteiger partial charge in [-0.3, -0.25) is 0 Å². The quantitative estimate of drug-likeness (QED) is 0.330. The van der Waals surface area contributed by atoms with Crippen molar-refractivity contribution in [2.24, 2.45) is 4.40 Å². The molecule has 8 heavy (non-hydrogen) atoms. The summed E-state index contributed by atoms with van der Waals surface area (Å²) >= 11 is 0.128. The summed E-state index contributed by atoms with van der Waals surface area (Å²) in [5.74, 6) is 0. The molecule has 0 aliphatic carbocycles. The maximum atomic E-state index is 4.20. The summed E-state index contributed by atoms with van der Waals surface area (Å²) in [5, 5.41) is 0. The molecular formula is C4H2GeNS2. The Hall–Kier alpha value is 0.523. The minimum atomic E-state index is 0.128. The third-order valence-corrected chi connectivity index (χ3v) is 6.59. The molecule has 0 aromatic rings. The Morgan fingerprint density at radius 1 is 1.62 bits per heavy atom. The van der Waals surface area contributed by atoms with E-state index < -0.39 is 0 Å². The maximum absolute atomic E-state index is 4.20. The van der Waals surface area contributed by atoms with Gasteiger partial charge in [-0.25, -0.2) is 0 Å². The zero-order valence-electron chi connectivity index (χ0n) is 3.92. The molecule has 1 radical (unpaired) electrons. The fraction of sp³-hybridized carbons (Fsp3) is 0. The van der Waals surface area contributed by atoms with Crippen molar-refractivity contribution in [2.75, 3.05) is 0 Å². The second-order valence-electron chi connectivity index (χ2n) is 1.44. The molecule has 0 atom stereocenters. The Bertz CT molecular complexity index is 206. The molecular weight excluding hydrogens is 199 g/mol. The van der Waals surface area contributed by atoms with E-state index in [0.29, 0.717) is 0 Å². The van der Waals surface area contributed by atoms with Gasteiger partial charge in [-0.05, 0) is 0 Å². The van der Waals surface area contributed by atoms with Crippen LogP contribution in [0.25, 0.3) is 0 Å². The molecule has 4 heteroatoms. The predicted molar refractivity (Wildman–Crippen MR) is 42.5 cm³/mol. The number of allylic oxidation sites excluding steroid dienone is 1. The van der Waals surface area contributed by atoms with Gasteiger partial charge in [0.25, 0.3) is 0 Å². The van der Waals surface area contributed by atoms with Crippen molar-refractivity contribution >= 4 is 46.2 Å². The summed E-state index contributed by atoms with van der Waals surface area (Å²) in [7, 11) is 3.45. The van der Waals surface area contributed by atoms with Gasteiger partial charge in [-0.2, -0.15) is 0 Å². The number of hydrogen-bond acceptors (Lipinski definition) is 3. The van der Waals surface area contributed by atoms with Crippen LogP contribution in [0, 0.1) is 0 Å². The van der Waals surface area contributed by atoms with E-state index in [4.69, 9.17) is 0 Å². The molecule has 0 bridgehead atoms. The van der Waals surface area contributed by atoms with E-state index in [0.717, 1.165) is 0 Å². The first-order valence-corrected chi connectivity index (χ1v) is 6.55. The van der Waals surface area contributed by atoms with Crippen LogP contribution in [0.2, 0.25) is 0 Å². The zero-order valence-corrected chi connectivity index (χ0v) is 7.65. The fourth-order valence-corrected chi connectivity index (χ4v) is 5.77. The monoisotopic (exact) mass is 202 g/mol. The van der Waals surface area contributed by atoms with Crippen LogP contribution in [0.15, 0.2) is 15.4 Å². The average Bonchev–Trinajstić information content (AvgIpc) is 2.15. The molecule has 0 amide bonds. The first kappa shape index (κ1) is 5.32. The van der Waals surface area contributed by atoms with E-state index in [1.807, 2.05) is 10.8 Å². The van der Waals surface area contributed by atoms with Crippen LogP contribution in [0.5, 0.6) is 0 Å². The fourth-order valence-electron chi connectivity index (χ4n) is 0.581. The molecule has 0 aromatic heterocycles. The van der Waals surface area contributed by atoms with Gasteiger partial charge in [-0.15, -0.1) is 0 Å². The van der Waals surface area contributed by atoms with Crippen molar-refractivity contribution in [3.05, 3.63) is 11.0 Å². The summed E-state index contributed by atoms with van der Waals surface area (Å²) in [6.45, 7) is 0. The summed E-state index contributed by atoms with van der Waals surface area (Å²) in [4.78, 5) is 2.28. The molecule has 0 fully saturated rings. The summed E-state index contributed by atoms with van der Waals surface area (Å²) in [6.07, 6.45) is 2.14. The molecule has 0 aromatic carbocycles. The molecule has 0 unspecified atom stereocenters. The Kier molecular flexibility index (Phi) is 1.36. The van der Waals surface area contributed by atoms with Gasteiger partial charge in [0.1, 0.15) is 0 Å². The molecule has 1 nitrogen and oxygen atoms in total. The van der Waals surface area contributed by atoms with E-state index >= 15 is 0 Å². The second kappa shape index (κ2) is 2.04. The Labute approximate surface area is 61.6 Å². The van der Waals surface area contributed by atoms with Crippen molar-refractivity contribution in [2.45, 2.75) is 0 Å². The van der Waals surface area contributed by atoms with Gasteiger partial charge in [0.05, 0.1) is 0 Å². The molecule has 2 heterocycles. The molecule has 0 N–H and O–H groups in total. The topological polar surface area (TPSA) is 12.4 Å². The van der Waals surface area contributed by atoms with Crippen molar-refractivity contribution in [1.82, 2.24) is 0 Å². The number of hydrogen-bond donors (Lipinski definition) is 0. The molecule has 0 spiro atoms. The van der Waals surface area contributed by atoms with E-state index in [-0.39, 0.29) is 15.0 Å². The van der Waals surface area contributed by atoms with Crippen molar-refractivity contribution in [1.29, 1.82) is 0 Å². The number of rotatable bonds is 0. The third-order valence-electron chi connectivity index (χ3n) is 0.944. The Balaban J connectivity index is 2.49. The molecule has 0 saturated carbocycles. The van der Waals surface area contributed by atoms with Crippen LogP contribution in [0.1, 0.15) is 0 Å². The van der Waals surface area contributed by atoms with Crippen LogP contribution in [-0.2, 0) is 0 Å². The van der Waals surface area contributed by atoms with Crippen molar-refractivity contribution < 1.29 is 0 Å². The Morgan fingerprint density at radius 2 is 2.62 bits per heavy atom. The molecule has 39 valence electrons. The standard InChI is InChI=1S/C4H2GeNS2/c1-2-5-4-3(1)6-8-7-4/h1-2H. The van der Waals surface area contributed by atoms with E-state index in [2.05, 4.69) is 15.4 Å². The average molecular weight is 201 g/mol. The van der Waals surface area contributed by atoms with E-state index in [1.165, 1.54) is 5.71 Å². The van der Waals surface area contributed by atoms with Gasteiger partial charge < -0.3 is 0 Å². The Morgan fingerprint density at radius 3 is 3.50 bits per heavy atom. The van der Waals surface area contributed by atoms with Gasteiger partial charge in [0.15, 0.2) is 0 Å². The first-order valence-electron chi connectivity index (χ1n) is 2.19. The van der Waals surface area contributed by atoms with E-state index in [1.54, 1.807) is 14.7 Å². The van der Waals surface area contributed by atoms with Gasteiger partial charge in [0, 0.05) is 0 Å². The normalized spacial score (nSPS) is 23.0. The molecule has 0 saturated heterocycles. The third kappa shape index (κ3) is 0.729. The van der Waals surface area contributed by atoms with Crippen LogP contribution >= 0.6 is 21.8 Å². The zero-order chi connectivity index (χ0) is 5.40. The molecule has 2 rings (SSSR count). The summed E-state index contributed by atoms with van der Waals surface area (Å²) in [6, 6.07) is 0. The van der Waals surface area contributed by atoms with Crippen LogP contribution in [0.4, 0.5) is 0 Å². The number of fused-ring (bicyclic) bond motifs is 1. The number of nitrogens with zero attached hydrogens (tertiary/aromatic N) is 1. The van der Waals surface area contributed by atoms with Gasteiger partial charge in [0.2, 0.25) is 0 Å². The van der Waals surface area contributed by atoms with E-state index in [9.17, 15) is 0 Å². The summed E-state index contributed by atoms with van der Waals surface area (Å²) < 4.78 is 5.75. The molecule has 2 aliphatic heterocycles. The molecule has 2 aliphatic rings. The SMILES string of the molecule is [CH]1=CC2=NSS[C]2=[Ge]1. The van der Waals surface area contributed by atoms with Crippen molar-refractivity contribution in [3.8, 4) is 0 Å².